The van der Waals surface area contributed by atoms with Gasteiger partial charge in [-0.15, -0.1) is 0 Å². The zero-order chi connectivity index (χ0) is 20.1. The number of benzene rings is 1. The second-order valence-electron chi connectivity index (χ2n) is 8.95. The molecule has 1 saturated carbocycles. The van der Waals surface area contributed by atoms with Crippen molar-refractivity contribution in [3.05, 3.63) is 29.8 Å². The number of fused-ring (bicyclic) bond motifs is 2. The van der Waals surface area contributed by atoms with Crippen molar-refractivity contribution in [2.45, 2.75) is 46.1 Å². The lowest BCUT2D eigenvalue weighted by Crippen LogP contribution is -2.47. The van der Waals surface area contributed by atoms with E-state index in [2.05, 4.69) is 19.2 Å². The van der Waals surface area contributed by atoms with E-state index in [1.807, 2.05) is 47.9 Å². The molecule has 2 aliphatic heterocycles. The van der Waals surface area contributed by atoms with Crippen molar-refractivity contribution in [3.63, 3.8) is 0 Å². The zero-order valence-electron chi connectivity index (χ0n) is 17.2. The van der Waals surface area contributed by atoms with Gasteiger partial charge in [-0.3, -0.25) is 14.7 Å². The first-order chi connectivity index (χ1) is 13.3. The molecule has 2 fully saturated rings. The van der Waals surface area contributed by atoms with Crippen molar-refractivity contribution >= 4 is 23.5 Å². The highest BCUT2D eigenvalue weighted by Gasteiger charge is 2.61. The van der Waals surface area contributed by atoms with Crippen LogP contribution in [0, 0.1) is 24.7 Å². The molecule has 1 aromatic carbocycles. The molecular formula is C22H30N4O2. The van der Waals surface area contributed by atoms with E-state index < -0.39 is 5.54 Å². The number of hydrogen-bond donors (Lipinski definition) is 1. The van der Waals surface area contributed by atoms with Crippen molar-refractivity contribution < 1.29 is 9.59 Å². The summed E-state index contributed by atoms with van der Waals surface area (Å²) in [7, 11) is 0. The Morgan fingerprint density at radius 1 is 1.29 bits per heavy atom. The van der Waals surface area contributed by atoms with Gasteiger partial charge in [-0.05, 0) is 50.2 Å². The summed E-state index contributed by atoms with van der Waals surface area (Å²) in [4.78, 5) is 34.8. The van der Waals surface area contributed by atoms with E-state index in [0.717, 1.165) is 29.9 Å². The van der Waals surface area contributed by atoms with Crippen molar-refractivity contribution in [3.8, 4) is 0 Å². The molecule has 1 aromatic rings. The van der Waals surface area contributed by atoms with Crippen LogP contribution in [0.25, 0.3) is 0 Å². The SMILES string of the molecule is CC1=N[C@]2(CC[C@H]3CN(C(=O)Nc4ccccc4C)C[C@H]32)C(=O)N1CC(C)C. The Labute approximate surface area is 167 Å². The predicted octanol–water partition coefficient (Wildman–Crippen LogP) is 3.52. The van der Waals surface area contributed by atoms with Gasteiger partial charge >= 0.3 is 6.03 Å². The molecule has 3 atom stereocenters. The Hall–Kier alpha value is -2.37. The van der Waals surface area contributed by atoms with Crippen molar-refractivity contribution in [1.82, 2.24) is 9.80 Å². The number of urea groups is 1. The van der Waals surface area contributed by atoms with Crippen LogP contribution in [-0.2, 0) is 4.79 Å². The molecule has 1 saturated heterocycles. The Bertz CT molecular complexity index is 834. The summed E-state index contributed by atoms with van der Waals surface area (Å²) in [5.41, 5.74) is 1.23. The number of aryl methyl sites for hydroxylation is 1. The normalized spacial score (nSPS) is 29.0. The van der Waals surface area contributed by atoms with Crippen LogP contribution in [0.4, 0.5) is 10.5 Å². The first-order valence-corrected chi connectivity index (χ1v) is 10.3. The second kappa shape index (κ2) is 6.90. The average molecular weight is 383 g/mol. The molecule has 150 valence electrons. The minimum Gasteiger partial charge on any atom is -0.324 e. The molecule has 3 amide bonds. The quantitative estimate of drug-likeness (QED) is 0.869. The van der Waals surface area contributed by atoms with E-state index in [0.29, 0.717) is 31.5 Å². The van der Waals surface area contributed by atoms with E-state index in [1.165, 1.54) is 0 Å². The predicted molar refractivity (Wildman–Crippen MR) is 110 cm³/mol. The maximum absolute atomic E-state index is 13.3. The molecule has 1 aliphatic carbocycles. The van der Waals surface area contributed by atoms with E-state index in [9.17, 15) is 9.59 Å². The number of anilines is 1. The zero-order valence-corrected chi connectivity index (χ0v) is 17.2. The fraction of sp³-hybridized carbons (Fsp3) is 0.591. The van der Waals surface area contributed by atoms with Gasteiger partial charge in [0.2, 0.25) is 0 Å². The third kappa shape index (κ3) is 2.99. The smallest absolute Gasteiger partial charge is 0.321 e. The lowest BCUT2D eigenvalue weighted by Gasteiger charge is -2.28. The highest BCUT2D eigenvalue weighted by Crippen LogP contribution is 2.50. The van der Waals surface area contributed by atoms with Gasteiger partial charge in [0.25, 0.3) is 5.91 Å². The number of rotatable bonds is 3. The maximum Gasteiger partial charge on any atom is 0.321 e. The molecule has 0 aromatic heterocycles. The Morgan fingerprint density at radius 3 is 2.75 bits per heavy atom. The highest BCUT2D eigenvalue weighted by atomic mass is 16.2. The van der Waals surface area contributed by atoms with E-state index >= 15 is 0 Å². The Morgan fingerprint density at radius 2 is 2.04 bits per heavy atom. The fourth-order valence-electron chi connectivity index (χ4n) is 5.13. The van der Waals surface area contributed by atoms with Gasteiger partial charge in [0, 0.05) is 31.2 Å². The fourth-order valence-corrected chi connectivity index (χ4v) is 5.13. The summed E-state index contributed by atoms with van der Waals surface area (Å²) in [5, 5.41) is 3.03. The van der Waals surface area contributed by atoms with Crippen LogP contribution < -0.4 is 5.32 Å². The lowest BCUT2D eigenvalue weighted by atomic mass is 9.85. The number of carbonyl (C=O) groups excluding carboxylic acids is 2. The molecule has 0 bridgehead atoms. The molecule has 4 rings (SSSR count). The molecule has 6 nitrogen and oxygen atoms in total. The first kappa shape index (κ1) is 19.0. The van der Waals surface area contributed by atoms with Gasteiger partial charge < -0.3 is 10.2 Å². The number of nitrogens with zero attached hydrogens (tertiary/aromatic N) is 3. The molecule has 0 unspecified atom stereocenters. The van der Waals surface area contributed by atoms with E-state index in [1.54, 1.807) is 0 Å². The Kier molecular flexibility index (Phi) is 4.68. The van der Waals surface area contributed by atoms with E-state index in [4.69, 9.17) is 4.99 Å². The molecule has 3 aliphatic rings. The largest absolute Gasteiger partial charge is 0.324 e. The summed E-state index contributed by atoms with van der Waals surface area (Å²) in [6.07, 6.45) is 1.76. The number of amides is 3. The van der Waals surface area contributed by atoms with Crippen molar-refractivity contribution in [1.29, 1.82) is 0 Å². The summed E-state index contributed by atoms with van der Waals surface area (Å²) in [6.45, 7) is 10.2. The second-order valence-corrected chi connectivity index (χ2v) is 8.95. The highest BCUT2D eigenvalue weighted by molar-refractivity contribution is 6.08. The molecule has 0 radical (unpaired) electrons. The molecular weight excluding hydrogens is 352 g/mol. The topological polar surface area (TPSA) is 65.0 Å². The third-order valence-corrected chi connectivity index (χ3v) is 6.54. The molecule has 2 heterocycles. The number of likely N-dealkylation sites (tertiary alicyclic amines) is 1. The van der Waals surface area contributed by atoms with Gasteiger partial charge in [-0.1, -0.05) is 32.0 Å². The van der Waals surface area contributed by atoms with Crippen molar-refractivity contribution in [2.24, 2.45) is 22.7 Å². The van der Waals surface area contributed by atoms with Crippen LogP contribution >= 0.6 is 0 Å². The number of amidine groups is 1. The summed E-state index contributed by atoms with van der Waals surface area (Å²) < 4.78 is 0. The minimum atomic E-state index is -0.651. The van der Waals surface area contributed by atoms with Crippen LogP contribution in [0.15, 0.2) is 29.3 Å². The number of hydrogen-bond acceptors (Lipinski definition) is 3. The standard InChI is InChI=1S/C22H30N4O2/c1-14(2)11-26-16(4)24-22(20(26)27)10-9-17-12-25(13-18(17)22)21(28)23-19-8-6-5-7-15(19)3/h5-8,14,17-18H,9-13H2,1-4H3,(H,23,28)/t17-,18+,22-/m0/s1. The number of aliphatic imine (C=N–C) groups is 1. The van der Waals surface area contributed by atoms with Crippen LogP contribution in [0.2, 0.25) is 0 Å². The lowest BCUT2D eigenvalue weighted by molar-refractivity contribution is -0.132. The number of carbonyl (C=O) groups is 2. The first-order valence-electron chi connectivity index (χ1n) is 10.3. The van der Waals surface area contributed by atoms with Crippen LogP contribution in [0.1, 0.15) is 39.2 Å². The third-order valence-electron chi connectivity index (χ3n) is 6.54. The Balaban J connectivity index is 1.49. The maximum atomic E-state index is 13.3. The van der Waals surface area contributed by atoms with Gasteiger partial charge in [0.05, 0.1) is 0 Å². The van der Waals surface area contributed by atoms with Gasteiger partial charge in [0.15, 0.2) is 0 Å². The van der Waals surface area contributed by atoms with E-state index in [-0.39, 0.29) is 17.9 Å². The molecule has 6 heteroatoms. The van der Waals surface area contributed by atoms with Crippen LogP contribution in [0.5, 0.6) is 0 Å². The number of nitrogens with one attached hydrogen (secondary N) is 1. The molecule has 1 spiro atoms. The van der Waals surface area contributed by atoms with Gasteiger partial charge in [-0.25, -0.2) is 4.79 Å². The molecule has 28 heavy (non-hydrogen) atoms. The summed E-state index contributed by atoms with van der Waals surface area (Å²) in [5.74, 6) is 1.85. The summed E-state index contributed by atoms with van der Waals surface area (Å²) in [6, 6.07) is 7.72. The summed E-state index contributed by atoms with van der Waals surface area (Å²) >= 11 is 0. The van der Waals surface area contributed by atoms with Crippen LogP contribution in [0.3, 0.4) is 0 Å². The average Bonchev–Trinajstić information content (AvgIpc) is 3.27. The van der Waals surface area contributed by atoms with Crippen LogP contribution in [-0.4, -0.2) is 52.7 Å². The molecule has 1 N–H and O–H groups in total. The van der Waals surface area contributed by atoms with Gasteiger partial charge in [-0.2, -0.15) is 0 Å². The van der Waals surface area contributed by atoms with Gasteiger partial charge in [0.1, 0.15) is 11.4 Å². The minimum absolute atomic E-state index is 0.0796. The number of para-hydroxylation sites is 1. The van der Waals surface area contributed by atoms with Crippen molar-refractivity contribution in [2.75, 3.05) is 25.0 Å². The monoisotopic (exact) mass is 382 g/mol.